The number of carbonyl (C=O) groups is 3. The fourth-order valence-corrected chi connectivity index (χ4v) is 4.41. The molecule has 0 bridgehead atoms. The van der Waals surface area contributed by atoms with Gasteiger partial charge in [0.1, 0.15) is 12.4 Å². The third-order valence-electron chi connectivity index (χ3n) is 6.41. The standard InChI is InChI=1S/C27H33ClFN3O5/c1-30(24-11-10-20(28)18-22(24)26(34)21-8-4-5-9-23(21)29)25(33)19-32(27(35)36)13-7-3-2-6-12-31-14-16-37-17-15-31/h4-5,8-11,18H,2-3,6-7,12-17,19H2,1H3,(H,35,36). The molecule has 37 heavy (non-hydrogen) atoms. The van der Waals surface area contributed by atoms with Gasteiger partial charge in [0.2, 0.25) is 5.91 Å². The van der Waals surface area contributed by atoms with Gasteiger partial charge in [-0.05, 0) is 49.7 Å². The zero-order valence-corrected chi connectivity index (χ0v) is 21.8. The number of benzene rings is 2. The maximum atomic E-state index is 14.3. The Kier molecular flexibility index (Phi) is 10.9. The van der Waals surface area contributed by atoms with Crippen LogP contribution in [0.3, 0.4) is 0 Å². The van der Waals surface area contributed by atoms with E-state index in [0.717, 1.165) is 57.0 Å². The zero-order valence-electron chi connectivity index (χ0n) is 21.0. The molecule has 1 aliphatic heterocycles. The maximum Gasteiger partial charge on any atom is 0.407 e. The highest BCUT2D eigenvalue weighted by Gasteiger charge is 2.24. The molecule has 0 aliphatic carbocycles. The largest absolute Gasteiger partial charge is 0.465 e. The van der Waals surface area contributed by atoms with E-state index in [1.165, 1.54) is 48.3 Å². The van der Waals surface area contributed by atoms with Crippen LogP contribution in [0.25, 0.3) is 0 Å². The van der Waals surface area contributed by atoms with Gasteiger partial charge >= 0.3 is 6.09 Å². The molecule has 8 nitrogen and oxygen atoms in total. The highest BCUT2D eigenvalue weighted by atomic mass is 35.5. The SMILES string of the molecule is CN(C(=O)CN(CCCCCCN1CCOCC1)C(=O)O)c1ccc(Cl)cc1C(=O)c1ccccc1F. The number of hydrogen-bond donors (Lipinski definition) is 1. The average Bonchev–Trinajstić information content (AvgIpc) is 2.89. The van der Waals surface area contributed by atoms with Crippen molar-refractivity contribution in [1.82, 2.24) is 9.80 Å². The molecule has 2 aromatic rings. The van der Waals surface area contributed by atoms with Crippen LogP contribution in [0, 0.1) is 5.82 Å². The molecule has 0 atom stereocenters. The minimum absolute atomic E-state index is 0.0515. The van der Waals surface area contributed by atoms with E-state index in [4.69, 9.17) is 16.3 Å². The predicted molar refractivity (Wildman–Crippen MR) is 140 cm³/mol. The molecule has 1 aliphatic rings. The zero-order chi connectivity index (χ0) is 26.8. The molecule has 0 unspecified atom stereocenters. The second kappa shape index (κ2) is 14.1. The van der Waals surface area contributed by atoms with Gasteiger partial charge in [-0.1, -0.05) is 36.6 Å². The lowest BCUT2D eigenvalue weighted by Gasteiger charge is -2.26. The number of rotatable bonds is 12. The Morgan fingerprint density at radius 3 is 2.43 bits per heavy atom. The molecule has 1 fully saturated rings. The quantitative estimate of drug-likeness (QED) is 0.318. The van der Waals surface area contributed by atoms with Crippen molar-refractivity contribution in [2.75, 3.05) is 57.9 Å². The maximum absolute atomic E-state index is 14.3. The fraction of sp³-hybridized carbons (Fsp3) is 0.444. The van der Waals surface area contributed by atoms with Crippen LogP contribution in [0.2, 0.25) is 5.02 Å². The van der Waals surface area contributed by atoms with Crippen LogP contribution in [-0.2, 0) is 9.53 Å². The highest BCUT2D eigenvalue weighted by molar-refractivity contribution is 6.31. The number of amides is 2. The number of carboxylic acid groups (broad SMARTS) is 1. The smallest absolute Gasteiger partial charge is 0.407 e. The minimum atomic E-state index is -1.19. The van der Waals surface area contributed by atoms with Crippen molar-refractivity contribution in [3.63, 3.8) is 0 Å². The lowest BCUT2D eigenvalue weighted by atomic mass is 10.0. The van der Waals surface area contributed by atoms with E-state index in [1.54, 1.807) is 6.07 Å². The molecular weight excluding hydrogens is 501 g/mol. The summed E-state index contributed by atoms with van der Waals surface area (Å²) in [6.07, 6.45) is 2.32. The molecule has 2 aromatic carbocycles. The highest BCUT2D eigenvalue weighted by Crippen LogP contribution is 2.27. The molecule has 0 aromatic heterocycles. The molecule has 2 amide bonds. The summed E-state index contributed by atoms with van der Waals surface area (Å²) >= 11 is 6.09. The van der Waals surface area contributed by atoms with E-state index in [-0.39, 0.29) is 34.9 Å². The monoisotopic (exact) mass is 533 g/mol. The van der Waals surface area contributed by atoms with Crippen LogP contribution in [0.15, 0.2) is 42.5 Å². The number of halogens is 2. The summed E-state index contributed by atoms with van der Waals surface area (Å²) in [6, 6.07) is 9.95. The van der Waals surface area contributed by atoms with Crippen LogP contribution < -0.4 is 4.90 Å². The normalized spacial score (nSPS) is 13.8. The Balaban J connectivity index is 1.58. The fourth-order valence-electron chi connectivity index (χ4n) is 4.24. The number of morpholine rings is 1. The number of anilines is 1. The molecule has 0 spiro atoms. The molecule has 1 saturated heterocycles. The number of unbranched alkanes of at least 4 members (excludes halogenated alkanes) is 3. The van der Waals surface area contributed by atoms with Crippen molar-refractivity contribution < 1.29 is 28.6 Å². The van der Waals surface area contributed by atoms with Gasteiger partial charge < -0.3 is 14.7 Å². The Bertz CT molecular complexity index is 1090. The second-order valence-corrected chi connectivity index (χ2v) is 9.43. The third-order valence-corrected chi connectivity index (χ3v) is 6.64. The van der Waals surface area contributed by atoms with Crippen LogP contribution in [0.4, 0.5) is 14.9 Å². The topological polar surface area (TPSA) is 90.4 Å². The summed E-state index contributed by atoms with van der Waals surface area (Å²) in [5.41, 5.74) is 0.124. The first-order valence-electron chi connectivity index (χ1n) is 12.4. The first-order valence-corrected chi connectivity index (χ1v) is 12.8. The van der Waals surface area contributed by atoms with Crippen molar-refractivity contribution >= 4 is 35.1 Å². The second-order valence-electron chi connectivity index (χ2n) is 9.00. The van der Waals surface area contributed by atoms with Gasteiger partial charge in [0.25, 0.3) is 0 Å². The van der Waals surface area contributed by atoms with Crippen LogP contribution >= 0.6 is 11.6 Å². The van der Waals surface area contributed by atoms with Crippen molar-refractivity contribution in [3.8, 4) is 0 Å². The summed E-state index contributed by atoms with van der Waals surface area (Å²) in [6.45, 7) is 4.30. The average molecular weight is 534 g/mol. The molecule has 200 valence electrons. The van der Waals surface area contributed by atoms with Gasteiger partial charge in [-0.2, -0.15) is 0 Å². The molecular formula is C27H33ClFN3O5. The number of hydrogen-bond acceptors (Lipinski definition) is 5. The third kappa shape index (κ3) is 8.24. The van der Waals surface area contributed by atoms with Crippen molar-refractivity contribution in [2.45, 2.75) is 25.7 Å². The molecule has 10 heteroatoms. The van der Waals surface area contributed by atoms with E-state index in [0.29, 0.717) is 6.42 Å². The molecule has 3 rings (SSSR count). The van der Waals surface area contributed by atoms with Crippen LogP contribution in [0.1, 0.15) is 41.6 Å². The number of ether oxygens (including phenoxy) is 1. The summed E-state index contributed by atoms with van der Waals surface area (Å²) in [4.78, 5) is 42.5. The number of likely N-dealkylation sites (N-methyl/N-ethyl adjacent to an activating group) is 1. The van der Waals surface area contributed by atoms with Crippen molar-refractivity contribution in [3.05, 3.63) is 64.4 Å². The molecule has 1 N–H and O–H groups in total. The Morgan fingerprint density at radius 1 is 1.03 bits per heavy atom. The summed E-state index contributed by atoms with van der Waals surface area (Å²) < 4.78 is 19.6. The van der Waals surface area contributed by atoms with Gasteiger partial charge in [0.15, 0.2) is 5.78 Å². The summed E-state index contributed by atoms with van der Waals surface area (Å²) in [5, 5.41) is 9.88. The Morgan fingerprint density at radius 2 is 1.73 bits per heavy atom. The predicted octanol–water partition coefficient (Wildman–Crippen LogP) is 4.55. The van der Waals surface area contributed by atoms with Gasteiger partial charge in [0, 0.05) is 37.3 Å². The number of ketones is 1. The van der Waals surface area contributed by atoms with Crippen molar-refractivity contribution in [1.29, 1.82) is 0 Å². The summed E-state index contributed by atoms with van der Waals surface area (Å²) in [5.74, 6) is -1.82. The first-order chi connectivity index (χ1) is 17.8. The lowest BCUT2D eigenvalue weighted by Crippen LogP contribution is -2.41. The van der Waals surface area contributed by atoms with Gasteiger partial charge in [-0.25, -0.2) is 9.18 Å². The molecule has 0 saturated carbocycles. The number of nitrogens with zero attached hydrogens (tertiary/aromatic N) is 3. The van der Waals surface area contributed by atoms with E-state index < -0.39 is 23.6 Å². The van der Waals surface area contributed by atoms with E-state index in [2.05, 4.69) is 4.90 Å². The van der Waals surface area contributed by atoms with E-state index in [9.17, 15) is 23.9 Å². The number of carbonyl (C=O) groups excluding carboxylic acids is 2. The molecule has 1 heterocycles. The van der Waals surface area contributed by atoms with Crippen LogP contribution in [-0.4, -0.2) is 85.7 Å². The summed E-state index contributed by atoms with van der Waals surface area (Å²) in [7, 11) is 1.45. The Labute approximate surface area is 221 Å². The minimum Gasteiger partial charge on any atom is -0.465 e. The van der Waals surface area contributed by atoms with E-state index >= 15 is 0 Å². The van der Waals surface area contributed by atoms with Gasteiger partial charge in [-0.3, -0.25) is 19.4 Å². The Hall–Kier alpha value is -3.01. The molecule has 0 radical (unpaired) electrons. The lowest BCUT2D eigenvalue weighted by molar-refractivity contribution is -0.119. The van der Waals surface area contributed by atoms with Gasteiger partial charge in [0.05, 0.1) is 24.5 Å². The first kappa shape index (κ1) is 28.6. The van der Waals surface area contributed by atoms with Gasteiger partial charge in [-0.15, -0.1) is 0 Å². The van der Waals surface area contributed by atoms with Crippen LogP contribution in [0.5, 0.6) is 0 Å². The van der Waals surface area contributed by atoms with Crippen molar-refractivity contribution in [2.24, 2.45) is 0 Å². The van der Waals surface area contributed by atoms with E-state index in [1.807, 2.05) is 0 Å².